The van der Waals surface area contributed by atoms with Gasteiger partial charge in [-0.15, -0.1) is 12.4 Å². The van der Waals surface area contributed by atoms with E-state index in [9.17, 15) is 9.18 Å². The van der Waals surface area contributed by atoms with Crippen LogP contribution in [0.1, 0.15) is 21.5 Å². The van der Waals surface area contributed by atoms with E-state index in [0.717, 1.165) is 11.1 Å². The average molecular weight is 352 g/mol. The maximum Gasteiger partial charge on any atom is 0.251 e. The second-order valence-electron chi connectivity index (χ2n) is 5.52. The molecule has 2 rings (SSSR count). The van der Waals surface area contributed by atoms with Crippen LogP contribution in [0.25, 0.3) is 0 Å². The first kappa shape index (κ1) is 20.1. The van der Waals surface area contributed by atoms with Crippen molar-refractivity contribution >= 4 is 18.3 Å². The van der Waals surface area contributed by atoms with Crippen LogP contribution in [-0.4, -0.2) is 30.9 Å². The summed E-state index contributed by atoms with van der Waals surface area (Å²) < 4.78 is 12.9. The van der Waals surface area contributed by atoms with Crippen LogP contribution in [0.2, 0.25) is 0 Å². The summed E-state index contributed by atoms with van der Waals surface area (Å²) >= 11 is 0. The zero-order valence-corrected chi connectivity index (χ0v) is 14.5. The topological polar surface area (TPSA) is 58.4 Å². The lowest BCUT2D eigenvalue weighted by Gasteiger charge is -2.17. The SMILES string of the molecule is CN(CCNC(=O)c1ccc(CN)cc1)Cc1ccc(F)cc1.Cl. The van der Waals surface area contributed by atoms with Gasteiger partial charge in [0.05, 0.1) is 0 Å². The lowest BCUT2D eigenvalue weighted by atomic mass is 10.1. The van der Waals surface area contributed by atoms with Crippen LogP contribution in [0.5, 0.6) is 0 Å². The van der Waals surface area contributed by atoms with Crippen molar-refractivity contribution in [3.05, 3.63) is 71.0 Å². The number of carbonyl (C=O) groups is 1. The Balaban J connectivity index is 0.00000288. The number of hydrogen-bond acceptors (Lipinski definition) is 3. The summed E-state index contributed by atoms with van der Waals surface area (Å²) in [7, 11) is 1.96. The highest BCUT2D eigenvalue weighted by molar-refractivity contribution is 5.94. The van der Waals surface area contributed by atoms with Crippen molar-refractivity contribution in [1.29, 1.82) is 0 Å². The minimum absolute atomic E-state index is 0. The van der Waals surface area contributed by atoms with Crippen LogP contribution in [0.4, 0.5) is 4.39 Å². The maximum atomic E-state index is 12.9. The van der Waals surface area contributed by atoms with E-state index in [2.05, 4.69) is 10.2 Å². The number of benzene rings is 2. The second-order valence-corrected chi connectivity index (χ2v) is 5.52. The van der Waals surface area contributed by atoms with Crippen molar-refractivity contribution in [3.8, 4) is 0 Å². The van der Waals surface area contributed by atoms with Crippen LogP contribution in [0.3, 0.4) is 0 Å². The maximum absolute atomic E-state index is 12.9. The molecular formula is C18H23ClFN3O. The number of nitrogens with one attached hydrogen (secondary N) is 1. The van der Waals surface area contributed by atoms with Gasteiger partial charge in [0.1, 0.15) is 5.82 Å². The van der Waals surface area contributed by atoms with Gasteiger partial charge >= 0.3 is 0 Å². The molecule has 1 amide bonds. The van der Waals surface area contributed by atoms with E-state index in [1.165, 1.54) is 12.1 Å². The Kier molecular flexibility index (Phi) is 8.40. The zero-order chi connectivity index (χ0) is 16.7. The summed E-state index contributed by atoms with van der Waals surface area (Å²) in [4.78, 5) is 14.1. The number of nitrogens with zero attached hydrogens (tertiary/aromatic N) is 1. The number of likely N-dealkylation sites (N-methyl/N-ethyl adjacent to an activating group) is 1. The summed E-state index contributed by atoms with van der Waals surface area (Å²) in [6.45, 7) is 2.44. The van der Waals surface area contributed by atoms with Gasteiger partial charge in [-0.2, -0.15) is 0 Å². The molecule has 24 heavy (non-hydrogen) atoms. The Morgan fingerprint density at radius 1 is 1.08 bits per heavy atom. The Hall–Kier alpha value is -1.95. The third-order valence-electron chi connectivity index (χ3n) is 3.60. The first-order chi connectivity index (χ1) is 11.1. The highest BCUT2D eigenvalue weighted by atomic mass is 35.5. The minimum atomic E-state index is -0.232. The van der Waals surface area contributed by atoms with E-state index in [4.69, 9.17) is 5.73 Å². The lowest BCUT2D eigenvalue weighted by molar-refractivity contribution is 0.0949. The molecule has 0 unspecified atom stereocenters. The van der Waals surface area contributed by atoms with Crippen molar-refractivity contribution < 1.29 is 9.18 Å². The quantitative estimate of drug-likeness (QED) is 0.806. The molecule has 0 bridgehead atoms. The number of carbonyl (C=O) groups excluding carboxylic acids is 1. The average Bonchev–Trinajstić information content (AvgIpc) is 2.57. The highest BCUT2D eigenvalue weighted by Crippen LogP contribution is 2.06. The molecule has 0 radical (unpaired) electrons. The standard InChI is InChI=1S/C18H22FN3O.ClH/c1-22(13-15-4-8-17(19)9-5-15)11-10-21-18(23)16-6-2-14(12-20)3-7-16;/h2-9H,10-13,20H2,1H3,(H,21,23);1H. The van der Waals surface area contributed by atoms with E-state index in [1.54, 1.807) is 24.3 Å². The van der Waals surface area contributed by atoms with Crippen molar-refractivity contribution in [3.63, 3.8) is 0 Å². The van der Waals surface area contributed by atoms with E-state index in [1.807, 2.05) is 19.2 Å². The van der Waals surface area contributed by atoms with E-state index >= 15 is 0 Å². The van der Waals surface area contributed by atoms with Crippen LogP contribution in [0.15, 0.2) is 48.5 Å². The van der Waals surface area contributed by atoms with E-state index < -0.39 is 0 Å². The van der Waals surface area contributed by atoms with E-state index in [0.29, 0.717) is 31.7 Å². The smallest absolute Gasteiger partial charge is 0.251 e. The molecule has 0 spiro atoms. The van der Waals surface area contributed by atoms with Gasteiger partial charge in [-0.05, 0) is 42.4 Å². The Bertz CT molecular complexity index is 632. The fraction of sp³-hybridized carbons (Fsp3) is 0.278. The van der Waals surface area contributed by atoms with Gasteiger partial charge in [-0.1, -0.05) is 24.3 Å². The molecule has 0 saturated heterocycles. The summed E-state index contributed by atoms with van der Waals surface area (Å²) in [5.74, 6) is -0.326. The molecule has 130 valence electrons. The summed E-state index contributed by atoms with van der Waals surface area (Å²) in [6, 6.07) is 13.7. The summed E-state index contributed by atoms with van der Waals surface area (Å²) in [5, 5.41) is 2.89. The van der Waals surface area contributed by atoms with Crippen LogP contribution in [-0.2, 0) is 13.1 Å². The van der Waals surface area contributed by atoms with Crippen molar-refractivity contribution in [2.45, 2.75) is 13.1 Å². The minimum Gasteiger partial charge on any atom is -0.351 e. The Labute approximate surface area is 148 Å². The molecular weight excluding hydrogens is 329 g/mol. The van der Waals surface area contributed by atoms with Gasteiger partial charge in [-0.25, -0.2) is 4.39 Å². The van der Waals surface area contributed by atoms with Crippen LogP contribution < -0.4 is 11.1 Å². The second kappa shape index (κ2) is 10.0. The van der Waals surface area contributed by atoms with Gasteiger partial charge in [0.2, 0.25) is 0 Å². The molecule has 0 aliphatic carbocycles. The number of amides is 1. The number of hydrogen-bond donors (Lipinski definition) is 2. The highest BCUT2D eigenvalue weighted by Gasteiger charge is 2.06. The Morgan fingerprint density at radius 3 is 2.25 bits per heavy atom. The predicted octanol–water partition coefficient (Wildman–Crippen LogP) is 2.57. The molecule has 4 nitrogen and oxygen atoms in total. The Morgan fingerprint density at radius 2 is 1.67 bits per heavy atom. The molecule has 2 aromatic rings. The third-order valence-corrected chi connectivity index (χ3v) is 3.60. The van der Waals surface area contributed by atoms with Gasteiger partial charge in [0.25, 0.3) is 5.91 Å². The molecule has 0 aliphatic rings. The van der Waals surface area contributed by atoms with Gasteiger partial charge in [0, 0.05) is 31.7 Å². The van der Waals surface area contributed by atoms with Gasteiger partial charge < -0.3 is 16.0 Å². The molecule has 0 aromatic heterocycles. The number of nitrogens with two attached hydrogens (primary N) is 1. The van der Waals surface area contributed by atoms with Crippen molar-refractivity contribution in [1.82, 2.24) is 10.2 Å². The van der Waals surface area contributed by atoms with Crippen molar-refractivity contribution in [2.75, 3.05) is 20.1 Å². The summed E-state index contributed by atoms with van der Waals surface area (Å²) in [5.41, 5.74) is 8.20. The van der Waals surface area contributed by atoms with Gasteiger partial charge in [0.15, 0.2) is 0 Å². The molecule has 3 N–H and O–H groups in total. The molecule has 6 heteroatoms. The molecule has 0 fully saturated rings. The van der Waals surface area contributed by atoms with E-state index in [-0.39, 0.29) is 24.1 Å². The van der Waals surface area contributed by atoms with Gasteiger partial charge in [-0.3, -0.25) is 4.79 Å². The predicted molar refractivity (Wildman–Crippen MR) is 96.6 cm³/mol. The fourth-order valence-corrected chi connectivity index (χ4v) is 2.24. The largest absolute Gasteiger partial charge is 0.351 e. The van der Waals surface area contributed by atoms with Crippen molar-refractivity contribution in [2.24, 2.45) is 5.73 Å². The molecule has 0 saturated carbocycles. The molecule has 0 aliphatic heterocycles. The fourth-order valence-electron chi connectivity index (χ4n) is 2.24. The molecule has 2 aromatic carbocycles. The number of halogens is 2. The monoisotopic (exact) mass is 351 g/mol. The lowest BCUT2D eigenvalue weighted by Crippen LogP contribution is -2.32. The summed E-state index contributed by atoms with van der Waals surface area (Å²) in [6.07, 6.45) is 0. The van der Waals surface area contributed by atoms with Crippen LogP contribution in [0, 0.1) is 5.82 Å². The molecule has 0 atom stereocenters. The number of rotatable bonds is 7. The van der Waals surface area contributed by atoms with Crippen LogP contribution >= 0.6 is 12.4 Å². The first-order valence-electron chi connectivity index (χ1n) is 7.58. The first-order valence-corrected chi connectivity index (χ1v) is 7.58. The molecule has 0 heterocycles. The zero-order valence-electron chi connectivity index (χ0n) is 13.7. The third kappa shape index (κ3) is 6.28. The normalized spacial score (nSPS) is 10.3.